The molecule has 6 nitrogen and oxygen atoms in total. The third-order valence-corrected chi connectivity index (χ3v) is 5.07. The van der Waals surface area contributed by atoms with Crippen molar-refractivity contribution in [1.29, 1.82) is 0 Å². The van der Waals surface area contributed by atoms with Crippen LogP contribution in [0.2, 0.25) is 0 Å². The van der Waals surface area contributed by atoms with Crippen LogP contribution in [0, 0.1) is 0 Å². The molecule has 0 fully saturated rings. The highest BCUT2D eigenvalue weighted by Crippen LogP contribution is 2.30. The molecule has 0 atom stereocenters. The number of carbonyl (C=O) groups is 3. The van der Waals surface area contributed by atoms with Gasteiger partial charge in [-0.2, -0.15) is 0 Å². The van der Waals surface area contributed by atoms with Crippen LogP contribution < -0.4 is 10.2 Å². The molecule has 3 aromatic rings. The molecule has 0 aliphatic carbocycles. The Bertz CT molecular complexity index is 1110. The number of esters is 1. The monoisotopic (exact) mass is 400 g/mol. The van der Waals surface area contributed by atoms with Crippen molar-refractivity contribution < 1.29 is 19.1 Å². The van der Waals surface area contributed by atoms with Gasteiger partial charge in [-0.1, -0.05) is 18.2 Å². The summed E-state index contributed by atoms with van der Waals surface area (Å²) in [6, 6.07) is 21.0. The third-order valence-electron chi connectivity index (χ3n) is 5.07. The second-order valence-electron chi connectivity index (χ2n) is 6.94. The van der Waals surface area contributed by atoms with Crippen LogP contribution in [0.4, 0.5) is 11.4 Å². The minimum Gasteiger partial charge on any atom is -0.465 e. The van der Waals surface area contributed by atoms with Crippen molar-refractivity contribution >= 4 is 29.2 Å². The minimum atomic E-state index is -0.393. The van der Waals surface area contributed by atoms with Crippen molar-refractivity contribution in [3.63, 3.8) is 0 Å². The first kappa shape index (κ1) is 19.4. The molecule has 2 amide bonds. The molecular weight excluding hydrogens is 380 g/mol. The Kier molecular flexibility index (Phi) is 5.30. The summed E-state index contributed by atoms with van der Waals surface area (Å²) in [7, 11) is 1.34. The number of nitrogens with one attached hydrogen (secondary N) is 1. The summed E-state index contributed by atoms with van der Waals surface area (Å²) >= 11 is 0. The van der Waals surface area contributed by atoms with Gasteiger partial charge in [0.15, 0.2) is 0 Å². The summed E-state index contributed by atoms with van der Waals surface area (Å²) in [5.74, 6) is -0.722. The van der Waals surface area contributed by atoms with Crippen LogP contribution in [0.3, 0.4) is 0 Å². The SMILES string of the molecule is COC(=O)c1ccc2c(c1)CCN2C(=O)c1ccc(NC(=O)c2ccccc2)cc1. The Morgan fingerprint density at radius 2 is 1.57 bits per heavy atom. The fourth-order valence-corrected chi connectivity index (χ4v) is 3.50. The molecule has 6 heteroatoms. The van der Waals surface area contributed by atoms with Crippen molar-refractivity contribution in [1.82, 2.24) is 0 Å². The highest BCUT2D eigenvalue weighted by molar-refractivity contribution is 6.08. The second kappa shape index (κ2) is 8.21. The van der Waals surface area contributed by atoms with Gasteiger partial charge in [-0.15, -0.1) is 0 Å². The quantitative estimate of drug-likeness (QED) is 0.674. The van der Waals surface area contributed by atoms with Gasteiger partial charge in [-0.05, 0) is 66.6 Å². The molecular formula is C24H20N2O4. The van der Waals surface area contributed by atoms with Crippen LogP contribution in [-0.4, -0.2) is 31.4 Å². The Labute approximate surface area is 174 Å². The van der Waals surface area contributed by atoms with Crippen LogP contribution in [0.5, 0.6) is 0 Å². The van der Waals surface area contributed by atoms with Crippen LogP contribution in [-0.2, 0) is 11.2 Å². The molecule has 4 rings (SSSR count). The normalized spacial score (nSPS) is 12.2. The van der Waals surface area contributed by atoms with E-state index in [4.69, 9.17) is 4.74 Å². The van der Waals surface area contributed by atoms with E-state index >= 15 is 0 Å². The highest BCUT2D eigenvalue weighted by atomic mass is 16.5. The first-order valence-corrected chi connectivity index (χ1v) is 9.56. The number of hydrogen-bond donors (Lipinski definition) is 1. The fourth-order valence-electron chi connectivity index (χ4n) is 3.50. The number of nitrogens with zero attached hydrogens (tertiary/aromatic N) is 1. The van der Waals surface area contributed by atoms with E-state index in [-0.39, 0.29) is 11.8 Å². The number of amides is 2. The Hall–Kier alpha value is -3.93. The maximum Gasteiger partial charge on any atom is 0.337 e. The molecule has 0 saturated carbocycles. The molecule has 0 radical (unpaired) electrons. The molecule has 0 bridgehead atoms. The van der Waals surface area contributed by atoms with Gasteiger partial charge >= 0.3 is 5.97 Å². The topological polar surface area (TPSA) is 75.7 Å². The highest BCUT2D eigenvalue weighted by Gasteiger charge is 2.26. The Morgan fingerprint density at radius 1 is 0.867 bits per heavy atom. The van der Waals surface area contributed by atoms with Gasteiger partial charge < -0.3 is 15.0 Å². The second-order valence-corrected chi connectivity index (χ2v) is 6.94. The lowest BCUT2D eigenvalue weighted by molar-refractivity contribution is 0.0600. The van der Waals surface area contributed by atoms with E-state index in [9.17, 15) is 14.4 Å². The van der Waals surface area contributed by atoms with Crippen molar-refractivity contribution in [3.05, 3.63) is 95.1 Å². The van der Waals surface area contributed by atoms with E-state index in [0.29, 0.717) is 35.3 Å². The maximum atomic E-state index is 13.0. The lowest BCUT2D eigenvalue weighted by Gasteiger charge is -2.18. The van der Waals surface area contributed by atoms with Crippen molar-refractivity contribution in [3.8, 4) is 0 Å². The number of rotatable bonds is 4. The summed E-state index contributed by atoms with van der Waals surface area (Å²) < 4.78 is 4.76. The fraction of sp³-hybridized carbons (Fsp3) is 0.125. The number of ether oxygens (including phenoxy) is 1. The average molecular weight is 400 g/mol. The molecule has 1 N–H and O–H groups in total. The zero-order chi connectivity index (χ0) is 21.1. The molecule has 0 aromatic heterocycles. The predicted octanol–water partition coefficient (Wildman–Crippen LogP) is 3.93. The van der Waals surface area contributed by atoms with Gasteiger partial charge in [0.25, 0.3) is 11.8 Å². The molecule has 0 unspecified atom stereocenters. The van der Waals surface area contributed by atoms with Gasteiger partial charge in [0.05, 0.1) is 12.7 Å². The van der Waals surface area contributed by atoms with Crippen LogP contribution >= 0.6 is 0 Å². The van der Waals surface area contributed by atoms with Crippen LogP contribution in [0.15, 0.2) is 72.8 Å². The van der Waals surface area contributed by atoms with E-state index in [2.05, 4.69) is 5.32 Å². The summed E-state index contributed by atoms with van der Waals surface area (Å²) in [6.45, 7) is 0.547. The Morgan fingerprint density at radius 3 is 2.27 bits per heavy atom. The maximum absolute atomic E-state index is 13.0. The lowest BCUT2D eigenvalue weighted by Crippen LogP contribution is -2.28. The first-order chi connectivity index (χ1) is 14.6. The average Bonchev–Trinajstić information content (AvgIpc) is 3.22. The minimum absolute atomic E-state index is 0.125. The number of benzene rings is 3. The van der Waals surface area contributed by atoms with Crippen LogP contribution in [0.25, 0.3) is 0 Å². The number of anilines is 2. The van der Waals surface area contributed by atoms with Crippen LogP contribution in [0.1, 0.15) is 36.6 Å². The molecule has 3 aromatic carbocycles. The van der Waals surface area contributed by atoms with E-state index in [1.54, 1.807) is 71.6 Å². The Balaban J connectivity index is 1.47. The number of fused-ring (bicyclic) bond motifs is 1. The molecule has 30 heavy (non-hydrogen) atoms. The molecule has 1 heterocycles. The predicted molar refractivity (Wildman–Crippen MR) is 114 cm³/mol. The molecule has 0 saturated heterocycles. The van der Waals surface area contributed by atoms with Gasteiger partial charge in [-0.3, -0.25) is 9.59 Å². The lowest BCUT2D eigenvalue weighted by atomic mass is 10.1. The van der Waals surface area contributed by atoms with Crippen molar-refractivity contribution in [2.45, 2.75) is 6.42 Å². The summed E-state index contributed by atoms with van der Waals surface area (Å²) in [5.41, 5.74) is 3.93. The summed E-state index contributed by atoms with van der Waals surface area (Å²) in [4.78, 5) is 38.7. The van der Waals surface area contributed by atoms with Gasteiger partial charge in [0.1, 0.15) is 0 Å². The van der Waals surface area contributed by atoms with E-state index in [0.717, 1.165) is 11.3 Å². The molecule has 150 valence electrons. The molecule has 1 aliphatic rings. The zero-order valence-corrected chi connectivity index (χ0v) is 16.4. The number of carbonyl (C=O) groups excluding carboxylic acids is 3. The third kappa shape index (κ3) is 3.80. The van der Waals surface area contributed by atoms with Crippen molar-refractivity contribution in [2.75, 3.05) is 23.9 Å². The van der Waals surface area contributed by atoms with Gasteiger partial charge in [0, 0.05) is 29.0 Å². The van der Waals surface area contributed by atoms with E-state index in [1.165, 1.54) is 7.11 Å². The van der Waals surface area contributed by atoms with Gasteiger partial charge in [-0.25, -0.2) is 4.79 Å². The smallest absolute Gasteiger partial charge is 0.337 e. The number of hydrogen-bond acceptors (Lipinski definition) is 4. The first-order valence-electron chi connectivity index (χ1n) is 9.56. The number of methoxy groups -OCH3 is 1. The zero-order valence-electron chi connectivity index (χ0n) is 16.4. The van der Waals surface area contributed by atoms with E-state index < -0.39 is 5.97 Å². The standard InChI is InChI=1S/C24H20N2O4/c1-30-24(29)19-9-12-21-18(15-19)13-14-26(21)23(28)17-7-10-20(11-8-17)25-22(27)16-5-3-2-4-6-16/h2-12,15H,13-14H2,1H3,(H,25,27). The van der Waals surface area contributed by atoms with Crippen molar-refractivity contribution in [2.24, 2.45) is 0 Å². The molecule has 0 spiro atoms. The summed E-state index contributed by atoms with van der Waals surface area (Å²) in [6.07, 6.45) is 0.678. The van der Waals surface area contributed by atoms with Gasteiger partial charge in [0.2, 0.25) is 0 Å². The van der Waals surface area contributed by atoms with E-state index in [1.807, 2.05) is 6.07 Å². The molecule has 1 aliphatic heterocycles. The summed E-state index contributed by atoms with van der Waals surface area (Å²) in [5, 5.41) is 2.82. The largest absolute Gasteiger partial charge is 0.465 e.